The third-order valence-electron chi connectivity index (χ3n) is 3.57. The van der Waals surface area contributed by atoms with E-state index in [2.05, 4.69) is 24.3 Å². The fourth-order valence-corrected chi connectivity index (χ4v) is 2.41. The van der Waals surface area contributed by atoms with Gasteiger partial charge in [-0.15, -0.1) is 0 Å². The van der Waals surface area contributed by atoms with Crippen LogP contribution in [0.15, 0.2) is 48.5 Å². The molecule has 2 rings (SSSR count). The second-order valence-corrected chi connectivity index (χ2v) is 4.99. The number of ether oxygens (including phenoxy) is 2. The lowest BCUT2D eigenvalue weighted by Gasteiger charge is -2.16. The number of rotatable bonds is 7. The van der Waals surface area contributed by atoms with Crippen molar-refractivity contribution in [1.82, 2.24) is 0 Å². The summed E-state index contributed by atoms with van der Waals surface area (Å²) in [4.78, 5) is 0. The molecule has 0 radical (unpaired) electrons. The van der Waals surface area contributed by atoms with E-state index in [-0.39, 0.29) is 0 Å². The first kappa shape index (κ1) is 15.4. The van der Waals surface area contributed by atoms with E-state index in [9.17, 15) is 0 Å². The van der Waals surface area contributed by atoms with Gasteiger partial charge in [0.15, 0.2) is 0 Å². The topological polar surface area (TPSA) is 44.5 Å². The molecule has 21 heavy (non-hydrogen) atoms. The van der Waals surface area contributed by atoms with Crippen molar-refractivity contribution in [2.75, 3.05) is 20.3 Å². The van der Waals surface area contributed by atoms with Crippen molar-refractivity contribution in [2.24, 2.45) is 5.73 Å². The van der Waals surface area contributed by atoms with Crippen LogP contribution in [-0.4, -0.2) is 20.3 Å². The number of hydrogen-bond acceptors (Lipinski definition) is 3. The summed E-state index contributed by atoms with van der Waals surface area (Å²) in [6.45, 7) is 3.28. The molecule has 112 valence electrons. The maximum absolute atomic E-state index is 5.97. The van der Waals surface area contributed by atoms with Gasteiger partial charge in [-0.1, -0.05) is 24.3 Å². The van der Waals surface area contributed by atoms with Crippen molar-refractivity contribution in [2.45, 2.75) is 19.3 Å². The highest BCUT2D eigenvalue weighted by molar-refractivity contribution is 5.33. The van der Waals surface area contributed by atoms with E-state index in [1.165, 1.54) is 11.1 Å². The van der Waals surface area contributed by atoms with Crippen LogP contribution in [0.4, 0.5) is 0 Å². The lowest BCUT2D eigenvalue weighted by Crippen LogP contribution is -2.15. The summed E-state index contributed by atoms with van der Waals surface area (Å²) >= 11 is 0. The van der Waals surface area contributed by atoms with Gasteiger partial charge in [0.1, 0.15) is 11.5 Å². The SMILES string of the molecule is CCOc1cccc(C(CN)Cc2ccc(OC)cc2)c1. The minimum Gasteiger partial charge on any atom is -0.497 e. The molecule has 0 fully saturated rings. The lowest BCUT2D eigenvalue weighted by molar-refractivity contribution is 0.339. The summed E-state index contributed by atoms with van der Waals surface area (Å²) in [5.74, 6) is 2.07. The zero-order valence-corrected chi connectivity index (χ0v) is 12.7. The molecule has 3 heteroatoms. The molecule has 0 amide bonds. The van der Waals surface area contributed by atoms with Gasteiger partial charge in [-0.25, -0.2) is 0 Å². The molecule has 0 saturated carbocycles. The molecule has 0 aliphatic rings. The van der Waals surface area contributed by atoms with Gasteiger partial charge >= 0.3 is 0 Å². The number of benzene rings is 2. The monoisotopic (exact) mass is 285 g/mol. The molecule has 0 bridgehead atoms. The van der Waals surface area contributed by atoms with E-state index in [4.69, 9.17) is 15.2 Å². The quantitative estimate of drug-likeness (QED) is 0.848. The van der Waals surface area contributed by atoms with Gasteiger partial charge in [0, 0.05) is 5.92 Å². The van der Waals surface area contributed by atoms with E-state index < -0.39 is 0 Å². The van der Waals surface area contributed by atoms with E-state index >= 15 is 0 Å². The molecule has 0 aliphatic carbocycles. The average Bonchev–Trinajstić information content (AvgIpc) is 2.54. The average molecular weight is 285 g/mol. The van der Waals surface area contributed by atoms with Crippen molar-refractivity contribution in [3.63, 3.8) is 0 Å². The Kier molecular flexibility index (Phi) is 5.64. The second-order valence-electron chi connectivity index (χ2n) is 4.99. The standard InChI is InChI=1S/C18H23NO2/c1-3-21-18-6-4-5-15(12-18)16(13-19)11-14-7-9-17(20-2)10-8-14/h4-10,12,16H,3,11,13,19H2,1-2H3. The second kappa shape index (κ2) is 7.70. The highest BCUT2D eigenvalue weighted by Crippen LogP contribution is 2.24. The highest BCUT2D eigenvalue weighted by atomic mass is 16.5. The minimum absolute atomic E-state index is 0.291. The van der Waals surface area contributed by atoms with Gasteiger partial charge in [-0.2, -0.15) is 0 Å². The summed E-state index contributed by atoms with van der Waals surface area (Å²) in [7, 11) is 1.68. The minimum atomic E-state index is 0.291. The third kappa shape index (κ3) is 4.23. The van der Waals surface area contributed by atoms with Gasteiger partial charge in [-0.3, -0.25) is 0 Å². The molecule has 0 aliphatic heterocycles. The Hall–Kier alpha value is -2.00. The molecule has 0 aromatic heterocycles. The first-order valence-corrected chi connectivity index (χ1v) is 7.32. The normalized spacial score (nSPS) is 12.0. The van der Waals surface area contributed by atoms with Crippen LogP contribution < -0.4 is 15.2 Å². The lowest BCUT2D eigenvalue weighted by atomic mass is 9.92. The van der Waals surface area contributed by atoms with Crippen molar-refractivity contribution in [1.29, 1.82) is 0 Å². The van der Waals surface area contributed by atoms with Gasteiger partial charge < -0.3 is 15.2 Å². The molecule has 1 unspecified atom stereocenters. The Bertz CT molecular complexity index is 551. The van der Waals surface area contributed by atoms with Gasteiger partial charge in [0.05, 0.1) is 13.7 Å². The summed E-state index contributed by atoms with van der Waals surface area (Å²) in [6.07, 6.45) is 0.913. The predicted octanol–water partition coefficient (Wildman–Crippen LogP) is 3.38. The van der Waals surface area contributed by atoms with Crippen molar-refractivity contribution in [3.8, 4) is 11.5 Å². The molecule has 2 N–H and O–H groups in total. The zero-order valence-electron chi connectivity index (χ0n) is 12.7. The fourth-order valence-electron chi connectivity index (χ4n) is 2.41. The third-order valence-corrected chi connectivity index (χ3v) is 3.57. The molecule has 3 nitrogen and oxygen atoms in total. The molecule has 0 saturated heterocycles. The van der Waals surface area contributed by atoms with Crippen LogP contribution in [0.5, 0.6) is 11.5 Å². The van der Waals surface area contributed by atoms with E-state index in [0.717, 1.165) is 17.9 Å². The van der Waals surface area contributed by atoms with E-state index in [1.54, 1.807) is 7.11 Å². The Balaban J connectivity index is 2.12. The summed E-state index contributed by atoms with van der Waals surface area (Å²) in [5.41, 5.74) is 8.45. The zero-order chi connectivity index (χ0) is 15.1. The molecular weight excluding hydrogens is 262 g/mol. The van der Waals surface area contributed by atoms with Crippen LogP contribution in [0.3, 0.4) is 0 Å². The van der Waals surface area contributed by atoms with Gasteiger partial charge in [-0.05, 0) is 55.3 Å². The molecular formula is C18H23NO2. The van der Waals surface area contributed by atoms with Gasteiger partial charge in [0.2, 0.25) is 0 Å². The van der Waals surface area contributed by atoms with Crippen molar-refractivity contribution in [3.05, 3.63) is 59.7 Å². The van der Waals surface area contributed by atoms with Crippen LogP contribution in [0, 0.1) is 0 Å². The summed E-state index contributed by atoms with van der Waals surface area (Å²) < 4.78 is 10.8. The highest BCUT2D eigenvalue weighted by Gasteiger charge is 2.11. The number of methoxy groups -OCH3 is 1. The first-order valence-electron chi connectivity index (χ1n) is 7.32. The van der Waals surface area contributed by atoms with Crippen LogP contribution in [0.25, 0.3) is 0 Å². The van der Waals surface area contributed by atoms with Crippen LogP contribution in [0.2, 0.25) is 0 Å². The summed E-state index contributed by atoms with van der Waals surface area (Å²) in [5, 5.41) is 0. The maximum atomic E-state index is 5.97. The molecule has 2 aromatic carbocycles. The van der Waals surface area contributed by atoms with Crippen LogP contribution in [0.1, 0.15) is 24.0 Å². The maximum Gasteiger partial charge on any atom is 0.119 e. The Morgan fingerprint density at radius 2 is 1.81 bits per heavy atom. The molecule has 2 aromatic rings. The van der Waals surface area contributed by atoms with Crippen LogP contribution in [-0.2, 0) is 6.42 Å². The Morgan fingerprint density at radius 1 is 1.05 bits per heavy atom. The van der Waals surface area contributed by atoms with E-state index in [1.807, 2.05) is 31.2 Å². The number of hydrogen-bond donors (Lipinski definition) is 1. The van der Waals surface area contributed by atoms with Crippen molar-refractivity contribution < 1.29 is 9.47 Å². The molecule has 1 atom stereocenters. The fraction of sp³-hybridized carbons (Fsp3) is 0.333. The van der Waals surface area contributed by atoms with Gasteiger partial charge in [0.25, 0.3) is 0 Å². The largest absolute Gasteiger partial charge is 0.497 e. The first-order chi connectivity index (χ1) is 10.3. The Morgan fingerprint density at radius 3 is 2.43 bits per heavy atom. The number of nitrogens with two attached hydrogens (primary N) is 1. The Labute approximate surface area is 126 Å². The van der Waals surface area contributed by atoms with Crippen LogP contribution >= 0.6 is 0 Å². The van der Waals surface area contributed by atoms with Crippen molar-refractivity contribution >= 4 is 0 Å². The molecule has 0 spiro atoms. The van der Waals surface area contributed by atoms with E-state index in [0.29, 0.717) is 19.1 Å². The predicted molar refractivity (Wildman–Crippen MR) is 86.1 cm³/mol. The molecule has 0 heterocycles. The summed E-state index contributed by atoms with van der Waals surface area (Å²) in [6, 6.07) is 16.4. The smallest absolute Gasteiger partial charge is 0.119 e.